The maximum atomic E-state index is 12.5. The van der Waals surface area contributed by atoms with Gasteiger partial charge in [-0.05, 0) is 36.8 Å². The van der Waals surface area contributed by atoms with Crippen molar-refractivity contribution in [1.29, 1.82) is 0 Å². The first-order valence-electron chi connectivity index (χ1n) is 7.38. The second-order valence-electron chi connectivity index (χ2n) is 5.49. The van der Waals surface area contributed by atoms with Crippen LogP contribution in [0.15, 0.2) is 35.7 Å². The Kier molecular flexibility index (Phi) is 4.24. The van der Waals surface area contributed by atoms with Crippen LogP contribution in [0.1, 0.15) is 28.1 Å². The monoisotopic (exact) mass is 314 g/mol. The topological polar surface area (TPSA) is 58.2 Å². The van der Waals surface area contributed by atoms with Crippen LogP contribution in [0.2, 0.25) is 0 Å². The van der Waals surface area contributed by atoms with Crippen molar-refractivity contribution in [3.63, 3.8) is 0 Å². The third-order valence-corrected chi connectivity index (χ3v) is 4.74. The van der Waals surface area contributed by atoms with Crippen LogP contribution >= 0.6 is 11.3 Å². The number of hydrogen-bond donors (Lipinski definition) is 2. The fraction of sp³-hybridized carbons (Fsp3) is 0.294. The summed E-state index contributed by atoms with van der Waals surface area (Å²) in [6, 6.07) is 9.62. The number of benzene rings is 1. The van der Waals surface area contributed by atoms with E-state index in [4.69, 9.17) is 0 Å². The lowest BCUT2D eigenvalue weighted by molar-refractivity contribution is -0.124. The first-order valence-corrected chi connectivity index (χ1v) is 8.26. The summed E-state index contributed by atoms with van der Waals surface area (Å²) in [5.74, 6) is -0.263. The molecule has 0 spiro atoms. The van der Waals surface area contributed by atoms with Crippen LogP contribution in [-0.4, -0.2) is 24.4 Å². The van der Waals surface area contributed by atoms with E-state index in [2.05, 4.69) is 10.6 Å². The summed E-state index contributed by atoms with van der Waals surface area (Å²) >= 11 is 1.40. The molecule has 1 aliphatic rings. The SMILES string of the molecule is Cc1ccc(-c2ccsc2C(=O)N[C@@H]2CCCNC2=O)cc1. The van der Waals surface area contributed by atoms with E-state index in [1.54, 1.807) is 0 Å². The molecule has 0 radical (unpaired) electrons. The van der Waals surface area contributed by atoms with Crippen molar-refractivity contribution in [2.75, 3.05) is 6.54 Å². The van der Waals surface area contributed by atoms with Gasteiger partial charge < -0.3 is 10.6 Å². The molecule has 1 aromatic carbocycles. The Morgan fingerprint density at radius 2 is 2.05 bits per heavy atom. The van der Waals surface area contributed by atoms with E-state index in [0.717, 1.165) is 17.5 Å². The van der Waals surface area contributed by atoms with E-state index < -0.39 is 6.04 Å². The van der Waals surface area contributed by atoms with Gasteiger partial charge in [0.2, 0.25) is 5.91 Å². The third-order valence-electron chi connectivity index (χ3n) is 3.82. The van der Waals surface area contributed by atoms with E-state index >= 15 is 0 Å². The Hall–Kier alpha value is -2.14. The van der Waals surface area contributed by atoms with Crippen molar-refractivity contribution in [3.05, 3.63) is 46.2 Å². The number of nitrogens with one attached hydrogen (secondary N) is 2. The second kappa shape index (κ2) is 6.32. The van der Waals surface area contributed by atoms with Gasteiger partial charge in [0.05, 0.1) is 4.88 Å². The molecule has 5 heteroatoms. The lowest BCUT2D eigenvalue weighted by Crippen LogP contribution is -2.50. The van der Waals surface area contributed by atoms with Gasteiger partial charge in [0.1, 0.15) is 6.04 Å². The minimum absolute atomic E-state index is 0.0898. The fourth-order valence-corrected chi connectivity index (χ4v) is 3.40. The van der Waals surface area contributed by atoms with Crippen LogP contribution in [0.25, 0.3) is 11.1 Å². The number of rotatable bonds is 3. The molecule has 4 nitrogen and oxygen atoms in total. The Morgan fingerprint density at radius 1 is 1.27 bits per heavy atom. The van der Waals surface area contributed by atoms with Gasteiger partial charge in [0.25, 0.3) is 5.91 Å². The van der Waals surface area contributed by atoms with Crippen molar-refractivity contribution >= 4 is 23.2 Å². The molecule has 1 fully saturated rings. The molecular formula is C17H18N2O2S. The normalized spacial score (nSPS) is 17.9. The Morgan fingerprint density at radius 3 is 2.77 bits per heavy atom. The number of thiophene rings is 1. The minimum Gasteiger partial charge on any atom is -0.354 e. The smallest absolute Gasteiger partial charge is 0.262 e. The average molecular weight is 314 g/mol. The van der Waals surface area contributed by atoms with Gasteiger partial charge in [-0.25, -0.2) is 0 Å². The van der Waals surface area contributed by atoms with E-state index in [0.29, 0.717) is 17.8 Å². The summed E-state index contributed by atoms with van der Waals surface area (Å²) in [4.78, 5) is 24.9. The molecule has 0 unspecified atom stereocenters. The predicted molar refractivity (Wildman–Crippen MR) is 88.0 cm³/mol. The molecule has 1 aromatic heterocycles. The predicted octanol–water partition coefficient (Wildman–Crippen LogP) is 2.73. The van der Waals surface area contributed by atoms with Gasteiger partial charge >= 0.3 is 0 Å². The van der Waals surface area contributed by atoms with Crippen LogP contribution in [0.4, 0.5) is 0 Å². The Bertz CT molecular complexity index is 691. The maximum Gasteiger partial charge on any atom is 0.262 e. The Balaban J connectivity index is 1.80. The Labute approximate surface area is 133 Å². The first kappa shape index (κ1) is 14.8. The highest BCUT2D eigenvalue weighted by Gasteiger charge is 2.25. The van der Waals surface area contributed by atoms with Crippen LogP contribution in [0, 0.1) is 6.92 Å². The van der Waals surface area contributed by atoms with Crippen LogP contribution in [0.5, 0.6) is 0 Å². The van der Waals surface area contributed by atoms with Gasteiger partial charge in [0, 0.05) is 12.1 Å². The molecule has 0 saturated carbocycles. The summed E-state index contributed by atoms with van der Waals surface area (Å²) < 4.78 is 0. The molecule has 2 amide bonds. The summed E-state index contributed by atoms with van der Waals surface area (Å²) in [6.45, 7) is 2.73. The summed E-state index contributed by atoms with van der Waals surface area (Å²) in [5.41, 5.74) is 3.12. The zero-order valence-corrected chi connectivity index (χ0v) is 13.2. The number of hydrogen-bond acceptors (Lipinski definition) is 3. The molecule has 2 aromatic rings. The molecule has 2 heterocycles. The average Bonchev–Trinajstić information content (AvgIpc) is 3.00. The van der Waals surface area contributed by atoms with E-state index in [1.165, 1.54) is 16.9 Å². The number of amides is 2. The van der Waals surface area contributed by atoms with Crippen molar-refractivity contribution < 1.29 is 9.59 Å². The molecule has 3 rings (SSSR count). The highest BCUT2D eigenvalue weighted by Crippen LogP contribution is 2.28. The van der Waals surface area contributed by atoms with E-state index in [1.807, 2.05) is 42.6 Å². The van der Waals surface area contributed by atoms with Crippen molar-refractivity contribution in [3.8, 4) is 11.1 Å². The van der Waals surface area contributed by atoms with Crippen molar-refractivity contribution in [2.24, 2.45) is 0 Å². The second-order valence-corrected chi connectivity index (χ2v) is 6.40. The van der Waals surface area contributed by atoms with Gasteiger partial charge in [-0.2, -0.15) is 0 Å². The first-order chi connectivity index (χ1) is 10.6. The lowest BCUT2D eigenvalue weighted by atomic mass is 10.0. The molecule has 0 bridgehead atoms. The number of piperidine rings is 1. The van der Waals surface area contributed by atoms with Crippen molar-refractivity contribution in [2.45, 2.75) is 25.8 Å². The zero-order chi connectivity index (χ0) is 15.5. The molecule has 114 valence electrons. The molecule has 0 aliphatic carbocycles. The highest BCUT2D eigenvalue weighted by molar-refractivity contribution is 7.12. The largest absolute Gasteiger partial charge is 0.354 e. The van der Waals surface area contributed by atoms with Crippen LogP contribution in [0.3, 0.4) is 0 Å². The van der Waals surface area contributed by atoms with Gasteiger partial charge in [-0.15, -0.1) is 11.3 Å². The van der Waals surface area contributed by atoms with Crippen LogP contribution < -0.4 is 10.6 Å². The van der Waals surface area contributed by atoms with Gasteiger partial charge in [0.15, 0.2) is 0 Å². The standard InChI is InChI=1S/C17H18N2O2S/c1-11-4-6-12(7-5-11)13-8-10-22-15(13)17(21)19-14-3-2-9-18-16(14)20/h4-8,10,14H,2-3,9H2,1H3,(H,18,20)(H,19,21)/t14-/m1/s1. The summed E-state index contributed by atoms with van der Waals surface area (Å²) in [6.07, 6.45) is 1.59. The van der Waals surface area contributed by atoms with Crippen molar-refractivity contribution in [1.82, 2.24) is 10.6 Å². The van der Waals surface area contributed by atoms with E-state index in [9.17, 15) is 9.59 Å². The molecule has 1 saturated heterocycles. The molecule has 22 heavy (non-hydrogen) atoms. The highest BCUT2D eigenvalue weighted by atomic mass is 32.1. The molecule has 2 N–H and O–H groups in total. The summed E-state index contributed by atoms with van der Waals surface area (Å²) in [7, 11) is 0. The molecular weight excluding hydrogens is 296 g/mol. The fourth-order valence-electron chi connectivity index (χ4n) is 2.58. The van der Waals surface area contributed by atoms with Gasteiger partial charge in [-0.3, -0.25) is 9.59 Å². The molecule has 1 aliphatic heterocycles. The van der Waals surface area contributed by atoms with Gasteiger partial charge in [-0.1, -0.05) is 29.8 Å². The quantitative estimate of drug-likeness (QED) is 0.915. The number of carbonyl (C=O) groups excluding carboxylic acids is 2. The van der Waals surface area contributed by atoms with E-state index in [-0.39, 0.29) is 11.8 Å². The number of aryl methyl sites for hydroxylation is 1. The number of carbonyl (C=O) groups is 2. The minimum atomic E-state index is -0.422. The zero-order valence-electron chi connectivity index (χ0n) is 12.4. The lowest BCUT2D eigenvalue weighted by Gasteiger charge is -2.22. The molecule has 1 atom stereocenters. The third kappa shape index (κ3) is 3.04. The maximum absolute atomic E-state index is 12.5. The van der Waals surface area contributed by atoms with Crippen LogP contribution in [-0.2, 0) is 4.79 Å². The summed E-state index contributed by atoms with van der Waals surface area (Å²) in [5, 5.41) is 7.54.